The van der Waals surface area contributed by atoms with Crippen LogP contribution in [0.25, 0.3) is 0 Å². The molecule has 2 heterocycles. The van der Waals surface area contributed by atoms with Crippen molar-refractivity contribution in [3.05, 3.63) is 23.9 Å². The Morgan fingerprint density at radius 2 is 2.40 bits per heavy atom. The van der Waals surface area contributed by atoms with Crippen molar-refractivity contribution in [2.45, 2.75) is 25.5 Å². The molecule has 0 radical (unpaired) electrons. The Labute approximate surface area is 89.7 Å². The molecule has 3 N–H and O–H groups in total. The van der Waals surface area contributed by atoms with Crippen LogP contribution < -0.4 is 5.73 Å². The molecule has 2 rings (SSSR count). The standard InChI is InChI=1S/C11H17N3O/c1-11(15)4-5-14(8-11)7-9-2-3-10(12)13-6-9/h2-3,6,15H,4-5,7-8H2,1H3,(H2,12,13). The van der Waals surface area contributed by atoms with Crippen molar-refractivity contribution in [3.8, 4) is 0 Å². The molecule has 0 amide bonds. The van der Waals surface area contributed by atoms with E-state index >= 15 is 0 Å². The highest BCUT2D eigenvalue weighted by Crippen LogP contribution is 2.21. The number of nitrogens with two attached hydrogens (primary N) is 1. The number of aromatic nitrogens is 1. The number of aliphatic hydroxyl groups is 1. The van der Waals surface area contributed by atoms with Gasteiger partial charge in [-0.25, -0.2) is 4.98 Å². The fourth-order valence-electron chi connectivity index (χ4n) is 1.96. The molecular weight excluding hydrogens is 190 g/mol. The first-order valence-corrected chi connectivity index (χ1v) is 5.20. The van der Waals surface area contributed by atoms with E-state index in [1.165, 1.54) is 0 Å². The van der Waals surface area contributed by atoms with Gasteiger partial charge in [-0.1, -0.05) is 6.07 Å². The summed E-state index contributed by atoms with van der Waals surface area (Å²) >= 11 is 0. The van der Waals surface area contributed by atoms with Crippen LogP contribution in [0.15, 0.2) is 18.3 Å². The van der Waals surface area contributed by atoms with Crippen LogP contribution >= 0.6 is 0 Å². The molecule has 1 aromatic heterocycles. The van der Waals surface area contributed by atoms with E-state index in [0.717, 1.165) is 31.6 Å². The SMILES string of the molecule is CC1(O)CCN(Cc2ccc(N)nc2)C1. The maximum atomic E-state index is 9.81. The average molecular weight is 207 g/mol. The van der Waals surface area contributed by atoms with E-state index in [0.29, 0.717) is 5.82 Å². The largest absolute Gasteiger partial charge is 0.389 e. The smallest absolute Gasteiger partial charge is 0.123 e. The predicted octanol–water partition coefficient (Wildman–Crippen LogP) is 0.620. The van der Waals surface area contributed by atoms with Crippen molar-refractivity contribution in [1.29, 1.82) is 0 Å². The number of anilines is 1. The average Bonchev–Trinajstić information content (AvgIpc) is 2.50. The highest BCUT2D eigenvalue weighted by molar-refractivity contribution is 5.29. The summed E-state index contributed by atoms with van der Waals surface area (Å²) in [4.78, 5) is 6.28. The molecule has 0 spiro atoms. The summed E-state index contributed by atoms with van der Waals surface area (Å²) in [6.07, 6.45) is 2.64. The Morgan fingerprint density at radius 1 is 1.60 bits per heavy atom. The molecular formula is C11H17N3O. The second kappa shape index (κ2) is 3.79. The number of likely N-dealkylation sites (tertiary alicyclic amines) is 1. The van der Waals surface area contributed by atoms with E-state index in [9.17, 15) is 5.11 Å². The zero-order valence-electron chi connectivity index (χ0n) is 8.98. The number of nitrogen functional groups attached to an aromatic ring is 1. The normalized spacial score (nSPS) is 27.1. The van der Waals surface area contributed by atoms with Crippen LogP contribution in [0, 0.1) is 0 Å². The molecule has 0 bridgehead atoms. The van der Waals surface area contributed by atoms with E-state index in [1.54, 1.807) is 6.20 Å². The fourth-order valence-corrected chi connectivity index (χ4v) is 1.96. The lowest BCUT2D eigenvalue weighted by Crippen LogP contribution is -2.29. The molecule has 15 heavy (non-hydrogen) atoms. The second-order valence-corrected chi connectivity index (χ2v) is 4.55. The maximum absolute atomic E-state index is 9.81. The first kappa shape index (κ1) is 10.4. The molecule has 1 fully saturated rings. The minimum Gasteiger partial charge on any atom is -0.389 e. The van der Waals surface area contributed by atoms with Crippen LogP contribution in [0.1, 0.15) is 18.9 Å². The zero-order chi connectivity index (χ0) is 10.9. The van der Waals surface area contributed by atoms with Crippen molar-refractivity contribution in [3.63, 3.8) is 0 Å². The minimum absolute atomic E-state index is 0.527. The van der Waals surface area contributed by atoms with Crippen molar-refractivity contribution >= 4 is 5.82 Å². The van der Waals surface area contributed by atoms with E-state index in [1.807, 2.05) is 19.1 Å². The van der Waals surface area contributed by atoms with Gasteiger partial charge in [0.2, 0.25) is 0 Å². The van der Waals surface area contributed by atoms with Gasteiger partial charge in [-0.2, -0.15) is 0 Å². The van der Waals surface area contributed by atoms with Crippen molar-refractivity contribution in [1.82, 2.24) is 9.88 Å². The first-order chi connectivity index (χ1) is 7.05. The van der Waals surface area contributed by atoms with Crippen LogP contribution in [0.4, 0.5) is 5.82 Å². The molecule has 82 valence electrons. The van der Waals surface area contributed by atoms with Gasteiger partial charge < -0.3 is 10.8 Å². The summed E-state index contributed by atoms with van der Waals surface area (Å²) in [5.41, 5.74) is 6.13. The van der Waals surface area contributed by atoms with Gasteiger partial charge in [0.25, 0.3) is 0 Å². The van der Waals surface area contributed by atoms with Crippen LogP contribution in [0.5, 0.6) is 0 Å². The van der Waals surface area contributed by atoms with E-state index in [4.69, 9.17) is 5.73 Å². The van der Waals surface area contributed by atoms with Gasteiger partial charge in [-0.3, -0.25) is 4.90 Å². The molecule has 1 aliphatic heterocycles. The fraction of sp³-hybridized carbons (Fsp3) is 0.545. The highest BCUT2D eigenvalue weighted by Gasteiger charge is 2.30. The second-order valence-electron chi connectivity index (χ2n) is 4.55. The number of rotatable bonds is 2. The van der Waals surface area contributed by atoms with E-state index in [2.05, 4.69) is 9.88 Å². The molecule has 4 heteroatoms. The third-order valence-electron chi connectivity index (χ3n) is 2.78. The van der Waals surface area contributed by atoms with Crippen molar-refractivity contribution < 1.29 is 5.11 Å². The number of pyridine rings is 1. The molecule has 0 aliphatic carbocycles. The molecule has 0 aromatic carbocycles. The summed E-state index contributed by atoms with van der Waals surface area (Å²) in [6, 6.07) is 3.79. The van der Waals surface area contributed by atoms with E-state index < -0.39 is 5.60 Å². The summed E-state index contributed by atoms with van der Waals surface area (Å²) in [5.74, 6) is 0.548. The molecule has 1 atom stereocenters. The summed E-state index contributed by atoms with van der Waals surface area (Å²) in [5, 5.41) is 9.81. The van der Waals surface area contributed by atoms with Crippen LogP contribution in [0.2, 0.25) is 0 Å². The Kier molecular flexibility index (Phi) is 2.63. The lowest BCUT2D eigenvalue weighted by Gasteiger charge is -2.18. The molecule has 4 nitrogen and oxygen atoms in total. The van der Waals surface area contributed by atoms with Gasteiger partial charge >= 0.3 is 0 Å². The maximum Gasteiger partial charge on any atom is 0.123 e. The summed E-state index contributed by atoms with van der Waals surface area (Å²) in [7, 11) is 0. The van der Waals surface area contributed by atoms with Gasteiger partial charge in [0.15, 0.2) is 0 Å². The number of β-amino-alcohol motifs (C(OH)–C–C–N with tert-alkyl or cyclic N) is 1. The third-order valence-corrected chi connectivity index (χ3v) is 2.78. The lowest BCUT2D eigenvalue weighted by atomic mass is 10.1. The highest BCUT2D eigenvalue weighted by atomic mass is 16.3. The summed E-state index contributed by atoms with van der Waals surface area (Å²) < 4.78 is 0. The molecule has 1 aromatic rings. The zero-order valence-corrected chi connectivity index (χ0v) is 8.98. The first-order valence-electron chi connectivity index (χ1n) is 5.20. The Morgan fingerprint density at radius 3 is 2.93 bits per heavy atom. The van der Waals surface area contributed by atoms with Gasteiger partial charge in [-0.05, 0) is 25.0 Å². The minimum atomic E-state index is -0.527. The number of hydrogen-bond donors (Lipinski definition) is 2. The number of hydrogen-bond acceptors (Lipinski definition) is 4. The Hall–Kier alpha value is -1.13. The van der Waals surface area contributed by atoms with Crippen molar-refractivity contribution in [2.75, 3.05) is 18.8 Å². The van der Waals surface area contributed by atoms with Crippen LogP contribution in [-0.2, 0) is 6.54 Å². The van der Waals surface area contributed by atoms with E-state index in [-0.39, 0.29) is 0 Å². The van der Waals surface area contributed by atoms with Gasteiger partial charge in [0, 0.05) is 25.8 Å². The summed E-state index contributed by atoms with van der Waals surface area (Å²) in [6.45, 7) is 4.40. The monoisotopic (exact) mass is 207 g/mol. The third kappa shape index (κ3) is 2.67. The predicted molar refractivity (Wildman–Crippen MR) is 59.2 cm³/mol. The quantitative estimate of drug-likeness (QED) is 0.746. The molecule has 1 aliphatic rings. The van der Waals surface area contributed by atoms with Crippen LogP contribution in [-0.4, -0.2) is 33.7 Å². The molecule has 1 unspecified atom stereocenters. The topological polar surface area (TPSA) is 62.4 Å². The Bertz CT molecular complexity index is 334. The Balaban J connectivity index is 1.96. The van der Waals surface area contributed by atoms with Crippen molar-refractivity contribution in [2.24, 2.45) is 0 Å². The van der Waals surface area contributed by atoms with Gasteiger partial charge in [0.1, 0.15) is 5.82 Å². The van der Waals surface area contributed by atoms with Crippen LogP contribution in [0.3, 0.4) is 0 Å². The number of nitrogens with zero attached hydrogens (tertiary/aromatic N) is 2. The lowest BCUT2D eigenvalue weighted by molar-refractivity contribution is 0.0679. The van der Waals surface area contributed by atoms with Gasteiger partial charge in [-0.15, -0.1) is 0 Å². The molecule has 0 saturated carbocycles. The van der Waals surface area contributed by atoms with Gasteiger partial charge in [0.05, 0.1) is 5.60 Å². The molecule has 1 saturated heterocycles.